The first-order valence-corrected chi connectivity index (χ1v) is 3.26. The summed E-state index contributed by atoms with van der Waals surface area (Å²) in [6.45, 7) is 8.32. The minimum absolute atomic E-state index is 0.251. The summed E-state index contributed by atoms with van der Waals surface area (Å²) in [4.78, 5) is 0. The number of halogens is 1. The summed E-state index contributed by atoms with van der Waals surface area (Å²) >= 11 is 0. The minimum Gasteiger partial charge on any atom is -0.207 e. The summed E-state index contributed by atoms with van der Waals surface area (Å²) in [5.74, 6) is -0.496. The zero-order chi connectivity index (χ0) is 8.85. The second kappa shape index (κ2) is 4.45. The Hall–Kier alpha value is -1.36. The normalized spacial score (nSPS) is 10.5. The Kier molecular flexibility index (Phi) is 3.90. The number of hydrogen-bond acceptors (Lipinski definition) is 1. The molecular formula is C9H10FN. The quantitative estimate of drug-likeness (QED) is 0.449. The Morgan fingerprint density at radius 1 is 1.64 bits per heavy atom. The molecule has 0 N–H and O–H groups in total. The Labute approximate surface area is 66.1 Å². The highest BCUT2D eigenvalue weighted by molar-refractivity contribution is 5.37. The van der Waals surface area contributed by atoms with Crippen molar-refractivity contribution >= 4 is 0 Å². The van der Waals surface area contributed by atoms with Crippen LogP contribution in [0.15, 0.2) is 36.2 Å². The Morgan fingerprint density at radius 3 is 2.45 bits per heavy atom. The van der Waals surface area contributed by atoms with E-state index < -0.39 is 5.83 Å². The molecule has 0 heterocycles. The van der Waals surface area contributed by atoms with E-state index in [1.807, 2.05) is 0 Å². The molecule has 0 radical (unpaired) electrons. The van der Waals surface area contributed by atoms with Crippen molar-refractivity contribution in [1.29, 1.82) is 5.26 Å². The molecule has 0 aromatic carbocycles. The maximum atomic E-state index is 12.4. The highest BCUT2D eigenvalue weighted by atomic mass is 19.1. The van der Waals surface area contributed by atoms with E-state index in [1.165, 1.54) is 6.08 Å². The van der Waals surface area contributed by atoms with Gasteiger partial charge in [-0.05, 0) is 18.1 Å². The van der Waals surface area contributed by atoms with E-state index in [4.69, 9.17) is 5.26 Å². The zero-order valence-corrected chi connectivity index (χ0v) is 6.52. The molecule has 0 fully saturated rings. The van der Waals surface area contributed by atoms with E-state index in [1.54, 1.807) is 13.0 Å². The molecule has 0 atom stereocenters. The molecule has 0 aliphatic rings. The minimum atomic E-state index is -0.496. The van der Waals surface area contributed by atoms with Crippen molar-refractivity contribution in [3.8, 4) is 6.07 Å². The average Bonchev–Trinajstić information content (AvgIpc) is 1.99. The van der Waals surface area contributed by atoms with Crippen LogP contribution in [0.3, 0.4) is 0 Å². The van der Waals surface area contributed by atoms with Crippen molar-refractivity contribution in [2.45, 2.75) is 13.3 Å². The van der Waals surface area contributed by atoms with E-state index in [2.05, 4.69) is 13.2 Å². The molecule has 0 rings (SSSR count). The summed E-state index contributed by atoms with van der Waals surface area (Å²) < 4.78 is 12.4. The molecule has 0 saturated carbocycles. The molecule has 11 heavy (non-hydrogen) atoms. The van der Waals surface area contributed by atoms with Gasteiger partial charge in [-0.2, -0.15) is 5.26 Å². The van der Waals surface area contributed by atoms with Crippen LogP contribution >= 0.6 is 0 Å². The van der Waals surface area contributed by atoms with Gasteiger partial charge < -0.3 is 0 Å². The number of rotatable bonds is 3. The zero-order valence-electron chi connectivity index (χ0n) is 6.52. The van der Waals surface area contributed by atoms with Crippen LogP contribution in [0.1, 0.15) is 13.3 Å². The van der Waals surface area contributed by atoms with Crippen LogP contribution in [-0.2, 0) is 0 Å². The molecule has 0 aromatic heterocycles. The van der Waals surface area contributed by atoms with Crippen molar-refractivity contribution in [2.24, 2.45) is 0 Å². The maximum Gasteiger partial charge on any atom is 0.119 e. The molecule has 0 aromatic rings. The molecular weight excluding hydrogens is 141 g/mol. The first kappa shape index (κ1) is 9.64. The number of hydrogen-bond donors (Lipinski definition) is 0. The van der Waals surface area contributed by atoms with Gasteiger partial charge in [-0.3, -0.25) is 0 Å². The molecule has 2 heteroatoms. The van der Waals surface area contributed by atoms with Crippen molar-refractivity contribution in [3.05, 3.63) is 36.2 Å². The highest BCUT2D eigenvalue weighted by Gasteiger charge is 1.98. The largest absolute Gasteiger partial charge is 0.207 e. The number of nitriles is 1. The monoisotopic (exact) mass is 151 g/mol. The van der Waals surface area contributed by atoms with Crippen LogP contribution in [0, 0.1) is 11.3 Å². The lowest BCUT2D eigenvalue weighted by molar-refractivity contribution is 0.647. The standard InChI is InChI=1S/C9H10FN/c1-4-9(8(3)10)5-7(2)6-11/h5H,2-4H2,1H3/b9-5-. The van der Waals surface area contributed by atoms with Gasteiger partial charge in [0, 0.05) is 5.57 Å². The Balaban J connectivity index is 4.52. The molecule has 0 saturated heterocycles. The van der Waals surface area contributed by atoms with Crippen LogP contribution in [-0.4, -0.2) is 0 Å². The van der Waals surface area contributed by atoms with E-state index >= 15 is 0 Å². The fourth-order valence-electron chi connectivity index (χ4n) is 0.615. The van der Waals surface area contributed by atoms with Crippen molar-refractivity contribution in [1.82, 2.24) is 0 Å². The van der Waals surface area contributed by atoms with E-state index in [9.17, 15) is 4.39 Å². The molecule has 0 bridgehead atoms. The molecule has 1 nitrogen and oxygen atoms in total. The Morgan fingerprint density at radius 2 is 2.18 bits per heavy atom. The molecule has 0 amide bonds. The second-order valence-electron chi connectivity index (χ2n) is 2.07. The predicted molar refractivity (Wildman–Crippen MR) is 43.4 cm³/mol. The van der Waals surface area contributed by atoms with Gasteiger partial charge in [0.1, 0.15) is 5.83 Å². The van der Waals surface area contributed by atoms with Gasteiger partial charge in [0.05, 0.1) is 6.07 Å². The lowest BCUT2D eigenvalue weighted by Crippen LogP contribution is -1.81. The van der Waals surface area contributed by atoms with Gasteiger partial charge in [-0.15, -0.1) is 0 Å². The van der Waals surface area contributed by atoms with Gasteiger partial charge in [-0.25, -0.2) is 4.39 Å². The van der Waals surface area contributed by atoms with Crippen molar-refractivity contribution < 1.29 is 4.39 Å². The van der Waals surface area contributed by atoms with Crippen molar-refractivity contribution in [2.75, 3.05) is 0 Å². The van der Waals surface area contributed by atoms with Gasteiger partial charge in [-0.1, -0.05) is 20.1 Å². The molecule has 58 valence electrons. The van der Waals surface area contributed by atoms with Gasteiger partial charge in [0.2, 0.25) is 0 Å². The summed E-state index contributed by atoms with van der Waals surface area (Å²) in [7, 11) is 0. The lowest BCUT2D eigenvalue weighted by atomic mass is 10.1. The third kappa shape index (κ3) is 3.36. The van der Waals surface area contributed by atoms with Crippen molar-refractivity contribution in [3.63, 3.8) is 0 Å². The van der Waals surface area contributed by atoms with Crippen LogP contribution in [0.25, 0.3) is 0 Å². The fraction of sp³-hybridized carbons (Fsp3) is 0.222. The van der Waals surface area contributed by atoms with E-state index in [0.717, 1.165) is 0 Å². The molecule has 0 aliphatic carbocycles. The molecule has 0 unspecified atom stereocenters. The summed E-state index contributed by atoms with van der Waals surface area (Å²) in [6.07, 6.45) is 1.93. The van der Waals surface area contributed by atoms with E-state index in [-0.39, 0.29) is 5.57 Å². The molecule has 0 aliphatic heterocycles. The molecule has 0 spiro atoms. The first-order chi connectivity index (χ1) is 5.11. The summed E-state index contributed by atoms with van der Waals surface area (Å²) in [5, 5.41) is 8.31. The Bertz CT molecular complexity index is 243. The average molecular weight is 151 g/mol. The summed E-state index contributed by atoms with van der Waals surface area (Å²) in [6, 6.07) is 1.81. The SMILES string of the molecule is C=C(C#N)/C=C(/CC)C(=C)F. The number of nitrogens with zero attached hydrogens (tertiary/aromatic N) is 1. The smallest absolute Gasteiger partial charge is 0.119 e. The number of allylic oxidation sites excluding steroid dienone is 4. The highest BCUT2D eigenvalue weighted by Crippen LogP contribution is 2.14. The van der Waals surface area contributed by atoms with Crippen LogP contribution in [0.5, 0.6) is 0 Å². The topological polar surface area (TPSA) is 23.8 Å². The fourth-order valence-corrected chi connectivity index (χ4v) is 0.615. The summed E-state index contributed by atoms with van der Waals surface area (Å²) in [5.41, 5.74) is 0.678. The van der Waals surface area contributed by atoms with E-state index in [0.29, 0.717) is 12.0 Å². The third-order valence-electron chi connectivity index (χ3n) is 1.22. The second-order valence-corrected chi connectivity index (χ2v) is 2.07. The van der Waals surface area contributed by atoms with Crippen LogP contribution in [0.2, 0.25) is 0 Å². The van der Waals surface area contributed by atoms with Gasteiger partial charge in [0.15, 0.2) is 0 Å². The van der Waals surface area contributed by atoms with Gasteiger partial charge in [0.25, 0.3) is 0 Å². The van der Waals surface area contributed by atoms with Crippen LogP contribution in [0.4, 0.5) is 4.39 Å². The predicted octanol–water partition coefficient (Wildman–Crippen LogP) is 2.89. The third-order valence-corrected chi connectivity index (χ3v) is 1.22. The lowest BCUT2D eigenvalue weighted by Gasteiger charge is -1.97. The maximum absolute atomic E-state index is 12.4. The van der Waals surface area contributed by atoms with Crippen LogP contribution < -0.4 is 0 Å². The first-order valence-electron chi connectivity index (χ1n) is 3.26. The van der Waals surface area contributed by atoms with Gasteiger partial charge >= 0.3 is 0 Å².